The Morgan fingerprint density at radius 2 is 2.22 bits per heavy atom. The number of Topliss-reactive ketones (excluding diaryl/α,β-unsaturated/α-hetero) is 1. The fourth-order valence-electron chi connectivity index (χ4n) is 0.564. The molecule has 0 aliphatic rings. The van der Waals surface area contributed by atoms with Gasteiger partial charge < -0.3 is 10.1 Å². The average Bonchev–Trinajstić information content (AvgIpc) is 1.83. The summed E-state index contributed by atoms with van der Waals surface area (Å²) in [6.07, 6.45) is 1.65. The Kier molecular flexibility index (Phi) is 4.32. The molecule has 0 aromatic heterocycles. The molecular formula is C7H15NO. The van der Waals surface area contributed by atoms with E-state index in [1.54, 1.807) is 6.92 Å². The molecule has 54 valence electrons. The predicted molar refractivity (Wildman–Crippen MR) is 38.4 cm³/mol. The minimum Gasteiger partial charge on any atom is -0.317 e. The van der Waals surface area contributed by atoms with Crippen LogP contribution < -0.4 is 5.32 Å². The number of hydrogen-bond donors (Lipinski definition) is 1. The molecule has 0 aliphatic carbocycles. The van der Waals surface area contributed by atoms with Crippen molar-refractivity contribution in [2.24, 2.45) is 0 Å². The average molecular weight is 129 g/mol. The Hall–Kier alpha value is -0.370. The molecule has 1 atom stereocenters. The summed E-state index contributed by atoms with van der Waals surface area (Å²) in [5.41, 5.74) is 0. The maximum absolute atomic E-state index is 10.4. The fourth-order valence-corrected chi connectivity index (χ4v) is 0.564. The quantitative estimate of drug-likeness (QED) is 0.612. The molecule has 0 saturated heterocycles. The molecule has 1 N–H and O–H groups in total. The highest BCUT2D eigenvalue weighted by atomic mass is 16.1. The zero-order valence-electron chi connectivity index (χ0n) is 6.40. The van der Waals surface area contributed by atoms with Crippen molar-refractivity contribution in [1.82, 2.24) is 5.32 Å². The van der Waals surface area contributed by atoms with E-state index in [4.69, 9.17) is 0 Å². The zero-order valence-corrected chi connectivity index (χ0v) is 6.40. The predicted octanol–water partition coefficient (Wildman–Crippen LogP) is 0.963. The highest BCUT2D eigenvalue weighted by Crippen LogP contribution is 1.95. The largest absolute Gasteiger partial charge is 0.317 e. The minimum atomic E-state index is 0.275. The summed E-state index contributed by atoms with van der Waals surface area (Å²) < 4.78 is 0. The van der Waals surface area contributed by atoms with Gasteiger partial charge in [-0.05, 0) is 27.3 Å². The molecule has 0 aromatic rings. The Bertz CT molecular complexity index is 90.9. The number of rotatable bonds is 4. The first-order valence-electron chi connectivity index (χ1n) is 3.33. The van der Waals surface area contributed by atoms with E-state index in [2.05, 4.69) is 12.2 Å². The molecule has 0 bridgehead atoms. The lowest BCUT2D eigenvalue weighted by molar-refractivity contribution is -0.117. The molecule has 9 heavy (non-hydrogen) atoms. The Labute approximate surface area is 56.6 Å². The SMILES string of the molecule is CN[C@@H](C)CCC(C)=O. The summed E-state index contributed by atoms with van der Waals surface area (Å²) in [4.78, 5) is 10.4. The van der Waals surface area contributed by atoms with Gasteiger partial charge in [-0.15, -0.1) is 0 Å². The molecule has 0 heterocycles. The van der Waals surface area contributed by atoms with Crippen LogP contribution >= 0.6 is 0 Å². The summed E-state index contributed by atoms with van der Waals surface area (Å²) in [5.74, 6) is 0.275. The molecular weight excluding hydrogens is 114 g/mol. The lowest BCUT2D eigenvalue weighted by Gasteiger charge is -2.06. The molecule has 0 radical (unpaired) electrons. The van der Waals surface area contributed by atoms with Crippen LogP contribution in [0.3, 0.4) is 0 Å². The Morgan fingerprint density at radius 1 is 1.67 bits per heavy atom. The normalized spacial score (nSPS) is 13.2. The third-order valence-corrected chi connectivity index (χ3v) is 1.42. The Balaban J connectivity index is 3.16. The zero-order chi connectivity index (χ0) is 7.28. The van der Waals surface area contributed by atoms with Crippen molar-refractivity contribution in [3.63, 3.8) is 0 Å². The maximum atomic E-state index is 10.4. The van der Waals surface area contributed by atoms with Crippen LogP contribution in [0.15, 0.2) is 0 Å². The van der Waals surface area contributed by atoms with E-state index in [0.29, 0.717) is 12.5 Å². The molecule has 0 amide bonds. The van der Waals surface area contributed by atoms with Gasteiger partial charge in [-0.3, -0.25) is 0 Å². The number of hydrogen-bond acceptors (Lipinski definition) is 2. The van der Waals surface area contributed by atoms with Gasteiger partial charge in [0, 0.05) is 12.5 Å². The van der Waals surface area contributed by atoms with Crippen LogP contribution in [0.25, 0.3) is 0 Å². The summed E-state index contributed by atoms with van der Waals surface area (Å²) in [5, 5.41) is 3.07. The second-order valence-corrected chi connectivity index (χ2v) is 2.43. The van der Waals surface area contributed by atoms with Crippen molar-refractivity contribution >= 4 is 5.78 Å². The number of nitrogens with one attached hydrogen (secondary N) is 1. The summed E-state index contributed by atoms with van der Waals surface area (Å²) >= 11 is 0. The smallest absolute Gasteiger partial charge is 0.129 e. The fraction of sp³-hybridized carbons (Fsp3) is 0.857. The number of ketones is 1. The van der Waals surface area contributed by atoms with Crippen LogP contribution in [0.4, 0.5) is 0 Å². The van der Waals surface area contributed by atoms with Gasteiger partial charge in [0.15, 0.2) is 0 Å². The van der Waals surface area contributed by atoms with Gasteiger partial charge in [-0.2, -0.15) is 0 Å². The van der Waals surface area contributed by atoms with Gasteiger partial charge in [0.25, 0.3) is 0 Å². The van der Waals surface area contributed by atoms with Crippen molar-refractivity contribution in [2.45, 2.75) is 32.7 Å². The van der Waals surface area contributed by atoms with Crippen LogP contribution in [0.2, 0.25) is 0 Å². The van der Waals surface area contributed by atoms with Crippen LogP contribution in [0, 0.1) is 0 Å². The van der Waals surface area contributed by atoms with Gasteiger partial charge >= 0.3 is 0 Å². The molecule has 0 fully saturated rings. The second kappa shape index (κ2) is 4.50. The van der Waals surface area contributed by atoms with E-state index >= 15 is 0 Å². The first-order chi connectivity index (χ1) is 4.16. The molecule has 2 heteroatoms. The lowest BCUT2D eigenvalue weighted by atomic mass is 10.1. The third-order valence-electron chi connectivity index (χ3n) is 1.42. The summed E-state index contributed by atoms with van der Waals surface area (Å²) in [7, 11) is 1.91. The van der Waals surface area contributed by atoms with E-state index in [1.165, 1.54) is 0 Å². The van der Waals surface area contributed by atoms with Crippen LogP contribution in [0.1, 0.15) is 26.7 Å². The molecule has 0 spiro atoms. The molecule has 0 rings (SSSR count). The highest BCUT2D eigenvalue weighted by molar-refractivity contribution is 5.75. The maximum Gasteiger partial charge on any atom is 0.129 e. The van der Waals surface area contributed by atoms with Gasteiger partial charge in [0.2, 0.25) is 0 Å². The van der Waals surface area contributed by atoms with Crippen molar-refractivity contribution in [2.75, 3.05) is 7.05 Å². The first-order valence-corrected chi connectivity index (χ1v) is 3.33. The molecule has 2 nitrogen and oxygen atoms in total. The van der Waals surface area contributed by atoms with E-state index in [9.17, 15) is 4.79 Å². The van der Waals surface area contributed by atoms with E-state index < -0.39 is 0 Å². The standard InChI is InChI=1S/C7H15NO/c1-6(8-3)4-5-7(2)9/h6,8H,4-5H2,1-3H3/t6-/m0/s1. The van der Waals surface area contributed by atoms with Crippen molar-refractivity contribution in [3.05, 3.63) is 0 Å². The molecule has 0 aromatic carbocycles. The molecule has 0 saturated carbocycles. The van der Waals surface area contributed by atoms with Crippen LogP contribution in [0.5, 0.6) is 0 Å². The first kappa shape index (κ1) is 8.63. The third kappa shape index (κ3) is 5.50. The van der Waals surface area contributed by atoms with Gasteiger partial charge in [0.05, 0.1) is 0 Å². The van der Waals surface area contributed by atoms with Crippen LogP contribution in [-0.2, 0) is 4.79 Å². The summed E-state index contributed by atoms with van der Waals surface area (Å²) in [6.45, 7) is 3.70. The molecule has 0 unspecified atom stereocenters. The van der Waals surface area contributed by atoms with Crippen molar-refractivity contribution in [3.8, 4) is 0 Å². The van der Waals surface area contributed by atoms with Gasteiger partial charge in [-0.25, -0.2) is 0 Å². The summed E-state index contributed by atoms with van der Waals surface area (Å²) in [6, 6.07) is 0.467. The van der Waals surface area contributed by atoms with E-state index in [1.807, 2.05) is 7.05 Å². The Morgan fingerprint density at radius 3 is 2.56 bits per heavy atom. The second-order valence-electron chi connectivity index (χ2n) is 2.43. The number of carbonyl (C=O) groups excluding carboxylic acids is 1. The molecule has 0 aliphatic heterocycles. The van der Waals surface area contributed by atoms with Crippen molar-refractivity contribution in [1.29, 1.82) is 0 Å². The lowest BCUT2D eigenvalue weighted by Crippen LogP contribution is -2.21. The van der Waals surface area contributed by atoms with Crippen molar-refractivity contribution < 1.29 is 4.79 Å². The monoisotopic (exact) mass is 129 g/mol. The van der Waals surface area contributed by atoms with Gasteiger partial charge in [-0.1, -0.05) is 0 Å². The van der Waals surface area contributed by atoms with E-state index in [0.717, 1.165) is 6.42 Å². The highest BCUT2D eigenvalue weighted by Gasteiger charge is 1.98. The topological polar surface area (TPSA) is 29.1 Å². The van der Waals surface area contributed by atoms with E-state index in [-0.39, 0.29) is 5.78 Å². The number of carbonyl (C=O) groups is 1. The van der Waals surface area contributed by atoms with Gasteiger partial charge in [0.1, 0.15) is 5.78 Å². The van der Waals surface area contributed by atoms with Crippen LogP contribution in [-0.4, -0.2) is 18.9 Å². The minimum absolute atomic E-state index is 0.275.